The molecule has 134 valence electrons. The summed E-state index contributed by atoms with van der Waals surface area (Å²) in [7, 11) is 0. The molecule has 7 heteroatoms. The third-order valence-corrected chi connectivity index (χ3v) is 4.85. The number of nitrogens with zero attached hydrogens (tertiary/aromatic N) is 1. The Kier molecular flexibility index (Phi) is 4.78. The number of hydrogen-bond donors (Lipinski definition) is 1. The van der Waals surface area contributed by atoms with Gasteiger partial charge in [0, 0.05) is 5.56 Å². The van der Waals surface area contributed by atoms with Crippen molar-refractivity contribution in [3.05, 3.63) is 70.5 Å². The molecule has 26 heavy (non-hydrogen) atoms. The maximum atomic E-state index is 13.2. The van der Waals surface area contributed by atoms with E-state index in [1.165, 1.54) is 30.3 Å². The van der Waals surface area contributed by atoms with Gasteiger partial charge in [-0.1, -0.05) is 42.8 Å². The molecule has 5 nitrogen and oxygen atoms in total. The molecule has 3 rings (SSSR count). The van der Waals surface area contributed by atoms with Crippen molar-refractivity contribution in [2.24, 2.45) is 0 Å². The maximum absolute atomic E-state index is 13.2. The van der Waals surface area contributed by atoms with Crippen LogP contribution in [0, 0.1) is 5.82 Å². The predicted octanol–water partition coefficient (Wildman–Crippen LogP) is 3.52. The fourth-order valence-corrected chi connectivity index (χ4v) is 3.30. The van der Waals surface area contributed by atoms with Crippen molar-refractivity contribution in [3.63, 3.8) is 0 Å². The average molecular weight is 375 g/mol. The van der Waals surface area contributed by atoms with Crippen molar-refractivity contribution in [3.8, 4) is 0 Å². The van der Waals surface area contributed by atoms with Crippen molar-refractivity contribution in [1.82, 2.24) is 10.2 Å². The first kappa shape index (κ1) is 18.1. The lowest BCUT2D eigenvalue weighted by Crippen LogP contribution is -2.43. The summed E-state index contributed by atoms with van der Waals surface area (Å²) in [6.07, 6.45) is 0.264. The molecule has 0 aromatic heterocycles. The quantitative estimate of drug-likeness (QED) is 0.643. The van der Waals surface area contributed by atoms with Gasteiger partial charge in [0.25, 0.3) is 5.91 Å². The normalized spacial score (nSPS) is 19.6. The summed E-state index contributed by atoms with van der Waals surface area (Å²) in [6, 6.07) is 11.1. The Balaban J connectivity index is 1.90. The summed E-state index contributed by atoms with van der Waals surface area (Å²) < 4.78 is 13.2. The molecule has 1 aliphatic rings. The predicted molar refractivity (Wildman–Crippen MR) is 94.4 cm³/mol. The fraction of sp³-hybridized carbons (Fsp3) is 0.211. The molecule has 1 atom stereocenters. The van der Waals surface area contributed by atoms with Gasteiger partial charge in [0.05, 0.1) is 11.6 Å². The number of amides is 3. The number of ketones is 1. The summed E-state index contributed by atoms with van der Waals surface area (Å²) in [4.78, 5) is 38.7. The highest BCUT2D eigenvalue weighted by Gasteiger charge is 2.51. The Morgan fingerprint density at radius 1 is 1.15 bits per heavy atom. The molecule has 1 fully saturated rings. The van der Waals surface area contributed by atoms with Crippen LogP contribution >= 0.6 is 11.6 Å². The third-order valence-electron chi connectivity index (χ3n) is 4.52. The van der Waals surface area contributed by atoms with Crippen LogP contribution in [-0.2, 0) is 10.3 Å². The lowest BCUT2D eigenvalue weighted by Gasteiger charge is -2.25. The van der Waals surface area contributed by atoms with Crippen LogP contribution in [0.5, 0.6) is 0 Å². The van der Waals surface area contributed by atoms with E-state index in [0.29, 0.717) is 5.56 Å². The first-order chi connectivity index (χ1) is 12.4. The van der Waals surface area contributed by atoms with Crippen LogP contribution in [0.15, 0.2) is 48.5 Å². The van der Waals surface area contributed by atoms with E-state index in [9.17, 15) is 18.8 Å². The van der Waals surface area contributed by atoms with E-state index in [1.54, 1.807) is 25.1 Å². The lowest BCUT2D eigenvalue weighted by atomic mass is 9.87. The topological polar surface area (TPSA) is 66.5 Å². The van der Waals surface area contributed by atoms with Gasteiger partial charge >= 0.3 is 6.03 Å². The highest BCUT2D eigenvalue weighted by molar-refractivity contribution is 6.34. The fourth-order valence-electron chi connectivity index (χ4n) is 3.06. The standard InChI is InChI=1S/C19H16ClFN2O3/c1-2-19(12-7-9-13(21)10-8-12)17(25)23(18(26)22-19)11-16(24)14-5-3-4-6-15(14)20/h3-10H,2,11H2,1H3,(H,22,26). The molecule has 1 heterocycles. The third kappa shape index (κ3) is 2.97. The van der Waals surface area contributed by atoms with Crippen LogP contribution in [-0.4, -0.2) is 29.2 Å². The smallest absolute Gasteiger partial charge is 0.319 e. The summed E-state index contributed by atoms with van der Waals surface area (Å²) in [6.45, 7) is 1.32. The Labute approximate surface area is 154 Å². The van der Waals surface area contributed by atoms with Crippen LogP contribution < -0.4 is 5.32 Å². The van der Waals surface area contributed by atoms with Crippen LogP contribution in [0.2, 0.25) is 5.02 Å². The average Bonchev–Trinajstić information content (AvgIpc) is 2.87. The zero-order chi connectivity index (χ0) is 18.9. The molecule has 0 bridgehead atoms. The molecular weight excluding hydrogens is 359 g/mol. The van der Waals surface area contributed by atoms with E-state index in [1.807, 2.05) is 0 Å². The van der Waals surface area contributed by atoms with Gasteiger partial charge in [0.2, 0.25) is 0 Å². The summed E-state index contributed by atoms with van der Waals surface area (Å²) in [5, 5.41) is 2.91. The molecular formula is C19H16ClFN2O3. The number of halogens is 2. The zero-order valence-corrected chi connectivity index (χ0v) is 14.7. The number of imide groups is 1. The summed E-state index contributed by atoms with van der Waals surface area (Å²) in [5.74, 6) is -1.43. The Morgan fingerprint density at radius 2 is 1.81 bits per heavy atom. The molecule has 0 saturated carbocycles. The second-order valence-electron chi connectivity index (χ2n) is 5.99. The second-order valence-corrected chi connectivity index (χ2v) is 6.40. The van der Waals surface area contributed by atoms with Crippen molar-refractivity contribution < 1.29 is 18.8 Å². The van der Waals surface area contributed by atoms with Crippen LogP contribution in [0.3, 0.4) is 0 Å². The first-order valence-corrected chi connectivity index (χ1v) is 8.44. The van der Waals surface area contributed by atoms with Crippen LogP contribution in [0.4, 0.5) is 9.18 Å². The Morgan fingerprint density at radius 3 is 2.42 bits per heavy atom. The van der Waals surface area contributed by atoms with Crippen molar-refractivity contribution in [1.29, 1.82) is 0 Å². The number of carbonyl (C=O) groups is 3. The number of Topliss-reactive ketones (excluding diaryl/α,β-unsaturated/α-hetero) is 1. The van der Waals surface area contributed by atoms with Crippen molar-refractivity contribution in [2.45, 2.75) is 18.9 Å². The Hall–Kier alpha value is -2.73. The van der Waals surface area contributed by atoms with E-state index in [2.05, 4.69) is 5.32 Å². The maximum Gasteiger partial charge on any atom is 0.325 e. The summed E-state index contributed by atoms with van der Waals surface area (Å²) in [5.41, 5.74) is -0.607. The number of rotatable bonds is 5. The number of nitrogens with one attached hydrogen (secondary N) is 1. The molecule has 0 aliphatic carbocycles. The number of carbonyl (C=O) groups excluding carboxylic acids is 3. The van der Waals surface area contributed by atoms with E-state index < -0.39 is 35.6 Å². The Bertz CT molecular complexity index is 885. The van der Waals surface area contributed by atoms with E-state index in [4.69, 9.17) is 11.6 Å². The molecule has 0 radical (unpaired) electrons. The highest BCUT2D eigenvalue weighted by Crippen LogP contribution is 2.32. The van der Waals surface area contributed by atoms with Gasteiger partial charge in [-0.2, -0.15) is 0 Å². The lowest BCUT2D eigenvalue weighted by molar-refractivity contribution is -0.131. The summed E-state index contributed by atoms with van der Waals surface area (Å²) >= 11 is 6.01. The van der Waals surface area contributed by atoms with Crippen molar-refractivity contribution >= 4 is 29.3 Å². The minimum atomic E-state index is -1.31. The minimum Gasteiger partial charge on any atom is -0.319 e. The first-order valence-electron chi connectivity index (χ1n) is 8.07. The van der Waals surface area contributed by atoms with Gasteiger partial charge in [-0.15, -0.1) is 0 Å². The van der Waals surface area contributed by atoms with Crippen molar-refractivity contribution in [2.75, 3.05) is 6.54 Å². The van der Waals surface area contributed by atoms with E-state index in [-0.39, 0.29) is 17.0 Å². The molecule has 3 amide bonds. The monoisotopic (exact) mass is 374 g/mol. The van der Waals surface area contributed by atoms with E-state index >= 15 is 0 Å². The number of benzene rings is 2. The minimum absolute atomic E-state index is 0.241. The second kappa shape index (κ2) is 6.88. The van der Waals surface area contributed by atoms with Gasteiger partial charge < -0.3 is 5.32 Å². The molecule has 2 aromatic carbocycles. The van der Waals surface area contributed by atoms with Crippen LogP contribution in [0.25, 0.3) is 0 Å². The van der Waals surface area contributed by atoms with Gasteiger partial charge in [0.15, 0.2) is 5.78 Å². The van der Waals surface area contributed by atoms with Gasteiger partial charge in [-0.3, -0.25) is 14.5 Å². The van der Waals surface area contributed by atoms with E-state index in [0.717, 1.165) is 4.90 Å². The van der Waals surface area contributed by atoms with Gasteiger partial charge in [-0.25, -0.2) is 9.18 Å². The number of urea groups is 1. The SMILES string of the molecule is CCC1(c2ccc(F)cc2)NC(=O)N(CC(=O)c2ccccc2Cl)C1=O. The molecule has 1 unspecified atom stereocenters. The molecule has 1 saturated heterocycles. The molecule has 1 aliphatic heterocycles. The number of hydrogen-bond acceptors (Lipinski definition) is 3. The molecule has 2 aromatic rings. The zero-order valence-electron chi connectivity index (χ0n) is 14.0. The molecule has 1 N–H and O–H groups in total. The highest BCUT2D eigenvalue weighted by atomic mass is 35.5. The largest absolute Gasteiger partial charge is 0.325 e. The van der Waals surface area contributed by atoms with Gasteiger partial charge in [0.1, 0.15) is 11.4 Å². The van der Waals surface area contributed by atoms with Crippen LogP contribution in [0.1, 0.15) is 29.3 Å². The molecule has 0 spiro atoms. The van der Waals surface area contributed by atoms with Gasteiger partial charge in [-0.05, 0) is 36.2 Å².